The van der Waals surface area contributed by atoms with E-state index in [1.165, 1.54) is 38.1 Å². The van der Waals surface area contributed by atoms with Crippen molar-refractivity contribution in [3.05, 3.63) is 42.1 Å². The molecule has 6 nitrogen and oxygen atoms in total. The van der Waals surface area contributed by atoms with E-state index in [9.17, 15) is 4.79 Å². The number of nitrogens with zero attached hydrogens (tertiary/aromatic N) is 4. The molecule has 1 fully saturated rings. The molecule has 120 valence electrons. The fraction of sp³-hybridized carbons (Fsp3) is 0.412. The van der Waals surface area contributed by atoms with Crippen LogP contribution in [0.5, 0.6) is 0 Å². The number of rotatable bonds is 4. The van der Waals surface area contributed by atoms with Crippen molar-refractivity contribution in [1.82, 2.24) is 15.0 Å². The minimum Gasteiger partial charge on any atom is -0.382 e. The molecule has 3 heterocycles. The molecule has 0 aliphatic carbocycles. The van der Waals surface area contributed by atoms with Gasteiger partial charge in [-0.25, -0.2) is 9.97 Å². The van der Waals surface area contributed by atoms with E-state index >= 15 is 0 Å². The van der Waals surface area contributed by atoms with Gasteiger partial charge in [-0.1, -0.05) is 12.8 Å². The van der Waals surface area contributed by atoms with E-state index in [0.29, 0.717) is 0 Å². The van der Waals surface area contributed by atoms with Crippen LogP contribution in [-0.2, 0) is 6.42 Å². The molecule has 1 aliphatic heterocycles. The first-order valence-corrected chi connectivity index (χ1v) is 8.03. The van der Waals surface area contributed by atoms with Crippen LogP contribution in [0, 0.1) is 0 Å². The van der Waals surface area contributed by atoms with E-state index in [-0.39, 0.29) is 23.7 Å². The molecule has 0 radical (unpaired) electrons. The standard InChI is InChI=1S/C17H21N5O/c18-17-16(20-7-8-21-17)15(23)11-13-12-19-6-5-14(13)22-9-3-1-2-4-10-22/h5-8,12H,1-4,9-11H2,(H2,18,21). The topological polar surface area (TPSA) is 85.0 Å². The van der Waals surface area contributed by atoms with E-state index in [4.69, 9.17) is 5.73 Å². The molecule has 2 N–H and O–H groups in total. The maximum absolute atomic E-state index is 12.5. The first kappa shape index (κ1) is 15.4. The lowest BCUT2D eigenvalue weighted by Gasteiger charge is -2.25. The predicted molar refractivity (Wildman–Crippen MR) is 89.4 cm³/mol. The number of aromatic nitrogens is 3. The lowest BCUT2D eigenvalue weighted by Crippen LogP contribution is -2.25. The van der Waals surface area contributed by atoms with Crippen molar-refractivity contribution in [1.29, 1.82) is 0 Å². The highest BCUT2D eigenvalue weighted by molar-refractivity contribution is 5.99. The van der Waals surface area contributed by atoms with Gasteiger partial charge in [-0.15, -0.1) is 0 Å². The molecular formula is C17H21N5O. The smallest absolute Gasteiger partial charge is 0.189 e. The van der Waals surface area contributed by atoms with Crippen LogP contribution < -0.4 is 10.6 Å². The van der Waals surface area contributed by atoms with Crippen molar-refractivity contribution < 1.29 is 4.79 Å². The van der Waals surface area contributed by atoms with Crippen LogP contribution in [0.25, 0.3) is 0 Å². The Balaban J connectivity index is 1.83. The van der Waals surface area contributed by atoms with Crippen molar-refractivity contribution >= 4 is 17.3 Å². The van der Waals surface area contributed by atoms with E-state index in [1.54, 1.807) is 12.4 Å². The van der Waals surface area contributed by atoms with Gasteiger partial charge in [0.1, 0.15) is 5.69 Å². The predicted octanol–water partition coefficient (Wildman–Crippen LogP) is 2.26. The Hall–Kier alpha value is -2.50. The van der Waals surface area contributed by atoms with Crippen molar-refractivity contribution in [2.24, 2.45) is 0 Å². The maximum atomic E-state index is 12.5. The van der Waals surface area contributed by atoms with Crippen LogP contribution >= 0.6 is 0 Å². The van der Waals surface area contributed by atoms with Crippen LogP contribution in [0.1, 0.15) is 41.7 Å². The molecule has 0 atom stereocenters. The van der Waals surface area contributed by atoms with Crippen molar-refractivity contribution in [2.45, 2.75) is 32.1 Å². The molecule has 0 unspecified atom stereocenters. The lowest BCUT2D eigenvalue weighted by molar-refractivity contribution is 0.0989. The Kier molecular flexibility index (Phi) is 4.80. The number of Topliss-reactive ketones (excluding diaryl/α,β-unsaturated/α-hetero) is 1. The SMILES string of the molecule is Nc1nccnc1C(=O)Cc1cnccc1N1CCCCCC1. The monoisotopic (exact) mass is 311 g/mol. The first-order chi connectivity index (χ1) is 11.3. The molecule has 0 saturated carbocycles. The third-order valence-electron chi connectivity index (χ3n) is 4.17. The van der Waals surface area contributed by atoms with Gasteiger partial charge in [-0.2, -0.15) is 0 Å². The quantitative estimate of drug-likeness (QED) is 0.872. The zero-order chi connectivity index (χ0) is 16.1. The van der Waals surface area contributed by atoms with E-state index in [0.717, 1.165) is 24.3 Å². The molecule has 23 heavy (non-hydrogen) atoms. The molecule has 2 aromatic heterocycles. The maximum Gasteiger partial charge on any atom is 0.189 e. The Morgan fingerprint density at radius 2 is 1.83 bits per heavy atom. The van der Waals surface area contributed by atoms with Gasteiger partial charge >= 0.3 is 0 Å². The Morgan fingerprint density at radius 1 is 1.09 bits per heavy atom. The van der Waals surface area contributed by atoms with Crippen LogP contribution in [0.2, 0.25) is 0 Å². The van der Waals surface area contributed by atoms with Gasteiger partial charge in [-0.3, -0.25) is 9.78 Å². The zero-order valence-corrected chi connectivity index (χ0v) is 13.1. The first-order valence-electron chi connectivity index (χ1n) is 8.03. The number of nitrogens with two attached hydrogens (primary N) is 1. The van der Waals surface area contributed by atoms with Gasteiger partial charge in [0.05, 0.1) is 0 Å². The molecule has 0 aromatic carbocycles. The van der Waals surface area contributed by atoms with Crippen LogP contribution in [0.15, 0.2) is 30.9 Å². The van der Waals surface area contributed by atoms with E-state index in [1.807, 2.05) is 6.07 Å². The summed E-state index contributed by atoms with van der Waals surface area (Å²) in [4.78, 5) is 27.0. The number of pyridine rings is 1. The molecule has 2 aromatic rings. The Bertz CT molecular complexity index is 680. The van der Waals surface area contributed by atoms with Gasteiger partial charge in [0, 0.05) is 55.5 Å². The minimum atomic E-state index is -0.125. The van der Waals surface area contributed by atoms with E-state index < -0.39 is 0 Å². The Labute approximate surface area is 135 Å². The molecule has 0 bridgehead atoms. The number of hydrogen-bond acceptors (Lipinski definition) is 6. The second-order valence-corrected chi connectivity index (χ2v) is 5.80. The fourth-order valence-corrected chi connectivity index (χ4v) is 3.00. The lowest BCUT2D eigenvalue weighted by atomic mass is 10.1. The normalized spacial score (nSPS) is 15.2. The number of hydrogen-bond donors (Lipinski definition) is 1. The average molecular weight is 311 g/mol. The summed E-state index contributed by atoms with van der Waals surface area (Å²) >= 11 is 0. The van der Waals surface area contributed by atoms with Gasteiger partial charge in [-0.05, 0) is 18.9 Å². The molecule has 0 amide bonds. The molecule has 3 rings (SSSR count). The second kappa shape index (κ2) is 7.17. The summed E-state index contributed by atoms with van der Waals surface area (Å²) in [5.74, 6) is 0.0531. The number of carbonyl (C=O) groups excluding carboxylic acids is 1. The summed E-state index contributed by atoms with van der Waals surface area (Å²) in [6, 6.07) is 1.99. The largest absolute Gasteiger partial charge is 0.382 e. The van der Waals surface area contributed by atoms with Crippen molar-refractivity contribution in [2.75, 3.05) is 23.7 Å². The van der Waals surface area contributed by atoms with Gasteiger partial charge in [0.2, 0.25) is 0 Å². The van der Waals surface area contributed by atoms with Crippen molar-refractivity contribution in [3.63, 3.8) is 0 Å². The summed E-state index contributed by atoms with van der Waals surface area (Å²) in [6.07, 6.45) is 11.7. The highest BCUT2D eigenvalue weighted by Crippen LogP contribution is 2.24. The summed E-state index contributed by atoms with van der Waals surface area (Å²) in [5.41, 5.74) is 8.01. The third kappa shape index (κ3) is 3.64. The van der Waals surface area contributed by atoms with E-state index in [2.05, 4.69) is 19.9 Å². The number of ketones is 1. The van der Waals surface area contributed by atoms with Gasteiger partial charge < -0.3 is 10.6 Å². The molecular weight excluding hydrogens is 290 g/mol. The third-order valence-corrected chi connectivity index (χ3v) is 4.17. The van der Waals surface area contributed by atoms with Crippen molar-refractivity contribution in [3.8, 4) is 0 Å². The molecule has 1 aliphatic rings. The summed E-state index contributed by atoms with van der Waals surface area (Å²) in [7, 11) is 0. The highest BCUT2D eigenvalue weighted by Gasteiger charge is 2.18. The summed E-state index contributed by atoms with van der Waals surface area (Å²) < 4.78 is 0. The number of carbonyl (C=O) groups is 1. The summed E-state index contributed by atoms with van der Waals surface area (Å²) in [6.45, 7) is 2.05. The minimum absolute atomic E-state index is 0.125. The zero-order valence-electron chi connectivity index (χ0n) is 13.1. The fourth-order valence-electron chi connectivity index (χ4n) is 3.00. The summed E-state index contributed by atoms with van der Waals surface area (Å²) in [5, 5.41) is 0. The van der Waals surface area contributed by atoms with Gasteiger partial charge in [0.15, 0.2) is 11.6 Å². The number of nitrogen functional groups attached to an aromatic ring is 1. The molecule has 0 spiro atoms. The average Bonchev–Trinajstić information content (AvgIpc) is 2.85. The highest BCUT2D eigenvalue weighted by atomic mass is 16.1. The molecule has 1 saturated heterocycles. The van der Waals surface area contributed by atoms with Crippen LogP contribution in [-0.4, -0.2) is 33.8 Å². The van der Waals surface area contributed by atoms with Gasteiger partial charge in [0.25, 0.3) is 0 Å². The Morgan fingerprint density at radius 3 is 2.57 bits per heavy atom. The second-order valence-electron chi connectivity index (χ2n) is 5.80. The molecule has 6 heteroatoms. The van der Waals surface area contributed by atoms with Crippen LogP contribution in [0.3, 0.4) is 0 Å². The number of anilines is 2. The van der Waals surface area contributed by atoms with Crippen LogP contribution in [0.4, 0.5) is 11.5 Å².